The number of carbonyl (C=O) groups excluding carboxylic acids is 1. The van der Waals surface area contributed by atoms with E-state index >= 15 is 0 Å². The van der Waals surface area contributed by atoms with Crippen molar-refractivity contribution in [3.05, 3.63) is 52.4 Å². The number of hydrogen-bond donors (Lipinski definition) is 2. The molecule has 24 heavy (non-hydrogen) atoms. The lowest BCUT2D eigenvalue weighted by atomic mass is 10.0. The summed E-state index contributed by atoms with van der Waals surface area (Å²) in [6.07, 6.45) is 0. The van der Waals surface area contributed by atoms with Crippen molar-refractivity contribution in [1.82, 2.24) is 10.0 Å². The number of sulfonamides is 1. The summed E-state index contributed by atoms with van der Waals surface area (Å²) in [6, 6.07) is 9.45. The van der Waals surface area contributed by atoms with Gasteiger partial charge in [-0.2, -0.15) is 4.72 Å². The Morgan fingerprint density at radius 1 is 1.25 bits per heavy atom. The van der Waals surface area contributed by atoms with Gasteiger partial charge in [-0.15, -0.1) is 11.3 Å². The number of nitrogens with one attached hydrogen (secondary N) is 2. The maximum absolute atomic E-state index is 12.4. The fourth-order valence-electron chi connectivity index (χ4n) is 2.08. The second kappa shape index (κ2) is 8.11. The average molecular weight is 387 g/mol. The maximum Gasteiger partial charge on any atom is 0.250 e. The van der Waals surface area contributed by atoms with Crippen LogP contribution >= 0.6 is 22.9 Å². The molecule has 0 radical (unpaired) electrons. The van der Waals surface area contributed by atoms with Gasteiger partial charge in [-0.25, -0.2) is 8.42 Å². The minimum Gasteiger partial charge on any atom is -0.351 e. The SMILES string of the molecule is CC(C)C(NS(=O)(=O)c1cccs1)C(=O)NCc1cccc(Cl)c1. The first-order valence-corrected chi connectivity index (χ1v) is 10.1. The van der Waals surface area contributed by atoms with Crippen LogP contribution in [0, 0.1) is 5.92 Å². The Bertz CT molecular complexity index is 789. The van der Waals surface area contributed by atoms with Crippen LogP contribution in [0.3, 0.4) is 0 Å². The maximum atomic E-state index is 12.4. The van der Waals surface area contributed by atoms with Crippen LogP contribution in [-0.4, -0.2) is 20.4 Å². The molecule has 0 fully saturated rings. The molecule has 0 aliphatic heterocycles. The van der Waals surface area contributed by atoms with Crippen molar-refractivity contribution in [3.63, 3.8) is 0 Å². The fraction of sp³-hybridized carbons (Fsp3) is 0.312. The molecule has 1 atom stereocenters. The summed E-state index contributed by atoms with van der Waals surface area (Å²) in [4.78, 5) is 12.4. The number of hydrogen-bond acceptors (Lipinski definition) is 4. The molecule has 2 N–H and O–H groups in total. The van der Waals surface area contributed by atoms with Gasteiger partial charge in [0.15, 0.2) is 0 Å². The molecule has 1 heterocycles. The summed E-state index contributed by atoms with van der Waals surface area (Å²) >= 11 is 7.02. The lowest BCUT2D eigenvalue weighted by Gasteiger charge is -2.21. The third-order valence-electron chi connectivity index (χ3n) is 3.35. The number of carbonyl (C=O) groups is 1. The summed E-state index contributed by atoms with van der Waals surface area (Å²) in [6.45, 7) is 3.87. The third kappa shape index (κ3) is 5.04. The Labute approximate surface area is 151 Å². The summed E-state index contributed by atoms with van der Waals surface area (Å²) in [5.74, 6) is -0.566. The van der Waals surface area contributed by atoms with E-state index in [2.05, 4.69) is 10.0 Å². The highest BCUT2D eigenvalue weighted by Gasteiger charge is 2.28. The standard InChI is InChI=1S/C16H19ClN2O3S2/c1-11(2)15(19-24(21,22)14-7-4-8-23-14)16(20)18-10-12-5-3-6-13(17)9-12/h3-9,11,15,19H,10H2,1-2H3,(H,18,20). The van der Waals surface area contributed by atoms with Crippen LogP contribution in [0.1, 0.15) is 19.4 Å². The summed E-state index contributed by atoms with van der Waals surface area (Å²) < 4.78 is 27.3. The zero-order valence-corrected chi connectivity index (χ0v) is 15.7. The number of thiophene rings is 1. The summed E-state index contributed by atoms with van der Waals surface area (Å²) in [5, 5.41) is 5.02. The molecule has 0 aliphatic rings. The molecule has 0 saturated heterocycles. The molecule has 0 aliphatic carbocycles. The first-order chi connectivity index (χ1) is 11.3. The van der Waals surface area contributed by atoms with E-state index in [-0.39, 0.29) is 22.6 Å². The second-order valence-electron chi connectivity index (χ2n) is 5.62. The van der Waals surface area contributed by atoms with E-state index in [0.29, 0.717) is 5.02 Å². The van der Waals surface area contributed by atoms with Gasteiger partial charge in [0.2, 0.25) is 5.91 Å². The van der Waals surface area contributed by atoms with Crippen molar-refractivity contribution >= 4 is 38.9 Å². The van der Waals surface area contributed by atoms with Crippen molar-refractivity contribution in [2.24, 2.45) is 5.92 Å². The molecule has 1 unspecified atom stereocenters. The first kappa shape index (κ1) is 18.9. The van der Waals surface area contributed by atoms with Crippen LogP contribution in [-0.2, 0) is 21.4 Å². The molecular weight excluding hydrogens is 368 g/mol. The zero-order chi connectivity index (χ0) is 17.7. The Kier molecular flexibility index (Phi) is 6.40. The van der Waals surface area contributed by atoms with Gasteiger partial charge in [0.1, 0.15) is 10.3 Å². The molecule has 1 aromatic heterocycles. The average Bonchev–Trinajstić information content (AvgIpc) is 3.05. The molecule has 5 nitrogen and oxygen atoms in total. The van der Waals surface area contributed by atoms with Crippen LogP contribution in [0.5, 0.6) is 0 Å². The quantitative estimate of drug-likeness (QED) is 0.768. The van der Waals surface area contributed by atoms with Gasteiger partial charge in [-0.3, -0.25) is 4.79 Å². The second-order valence-corrected chi connectivity index (χ2v) is 8.95. The van der Waals surface area contributed by atoms with Gasteiger partial charge in [0.05, 0.1) is 0 Å². The van der Waals surface area contributed by atoms with E-state index in [9.17, 15) is 13.2 Å². The molecule has 1 amide bonds. The Morgan fingerprint density at radius 2 is 2.00 bits per heavy atom. The van der Waals surface area contributed by atoms with Crippen molar-refractivity contribution in [2.45, 2.75) is 30.6 Å². The monoisotopic (exact) mass is 386 g/mol. The van der Waals surface area contributed by atoms with Gasteiger partial charge in [-0.05, 0) is 35.1 Å². The first-order valence-electron chi connectivity index (χ1n) is 7.37. The zero-order valence-electron chi connectivity index (χ0n) is 13.3. The van der Waals surface area contributed by atoms with Gasteiger partial charge in [0.25, 0.3) is 10.0 Å². The van der Waals surface area contributed by atoms with E-state index in [4.69, 9.17) is 11.6 Å². The molecule has 0 bridgehead atoms. The number of rotatable bonds is 7. The van der Waals surface area contributed by atoms with Gasteiger partial charge in [-0.1, -0.05) is 43.6 Å². The topological polar surface area (TPSA) is 75.3 Å². The van der Waals surface area contributed by atoms with Crippen LogP contribution in [0.4, 0.5) is 0 Å². The third-order valence-corrected chi connectivity index (χ3v) is 6.42. The number of halogens is 1. The summed E-state index contributed by atoms with van der Waals surface area (Å²) in [7, 11) is -3.71. The lowest BCUT2D eigenvalue weighted by molar-refractivity contribution is -0.123. The smallest absolute Gasteiger partial charge is 0.250 e. The molecule has 8 heteroatoms. The minimum absolute atomic E-state index is 0.191. The lowest BCUT2D eigenvalue weighted by Crippen LogP contribution is -2.49. The van der Waals surface area contributed by atoms with Gasteiger partial charge in [0, 0.05) is 11.6 Å². The van der Waals surface area contributed by atoms with E-state index in [1.54, 1.807) is 43.5 Å². The van der Waals surface area contributed by atoms with Crippen LogP contribution in [0.2, 0.25) is 5.02 Å². The number of benzene rings is 1. The van der Waals surface area contributed by atoms with Gasteiger partial charge < -0.3 is 5.32 Å². The molecule has 0 saturated carbocycles. The molecule has 2 aromatic rings. The molecule has 0 spiro atoms. The highest BCUT2D eigenvalue weighted by Crippen LogP contribution is 2.17. The Hall–Kier alpha value is -1.41. The largest absolute Gasteiger partial charge is 0.351 e. The van der Waals surface area contributed by atoms with Gasteiger partial charge >= 0.3 is 0 Å². The van der Waals surface area contributed by atoms with E-state index in [0.717, 1.165) is 16.9 Å². The van der Waals surface area contributed by atoms with Crippen LogP contribution in [0.15, 0.2) is 46.0 Å². The van der Waals surface area contributed by atoms with E-state index in [1.807, 2.05) is 6.07 Å². The van der Waals surface area contributed by atoms with Crippen molar-refractivity contribution < 1.29 is 13.2 Å². The molecule has 130 valence electrons. The highest BCUT2D eigenvalue weighted by molar-refractivity contribution is 7.91. The minimum atomic E-state index is -3.71. The molecule has 2 rings (SSSR count). The summed E-state index contributed by atoms with van der Waals surface area (Å²) in [5.41, 5.74) is 0.847. The predicted octanol–water partition coefficient (Wildman–Crippen LogP) is 3.02. The van der Waals surface area contributed by atoms with Crippen LogP contribution < -0.4 is 10.0 Å². The normalized spacial score (nSPS) is 13.0. The fourth-order valence-corrected chi connectivity index (χ4v) is 4.65. The van der Waals surface area contributed by atoms with E-state index < -0.39 is 16.1 Å². The Balaban J connectivity index is 2.06. The van der Waals surface area contributed by atoms with Crippen molar-refractivity contribution in [3.8, 4) is 0 Å². The van der Waals surface area contributed by atoms with Crippen LogP contribution in [0.25, 0.3) is 0 Å². The molecule has 1 aromatic carbocycles. The van der Waals surface area contributed by atoms with Crippen molar-refractivity contribution in [2.75, 3.05) is 0 Å². The van der Waals surface area contributed by atoms with E-state index in [1.165, 1.54) is 6.07 Å². The molecular formula is C16H19ClN2O3S2. The number of amides is 1. The Morgan fingerprint density at radius 3 is 2.58 bits per heavy atom. The van der Waals surface area contributed by atoms with Crippen molar-refractivity contribution in [1.29, 1.82) is 0 Å². The predicted molar refractivity (Wildman–Crippen MR) is 96.6 cm³/mol. The highest BCUT2D eigenvalue weighted by atomic mass is 35.5.